The van der Waals surface area contributed by atoms with E-state index in [9.17, 15) is 4.79 Å². The third-order valence-electron chi connectivity index (χ3n) is 2.01. The molecule has 1 aliphatic rings. The second kappa shape index (κ2) is 3.34. The summed E-state index contributed by atoms with van der Waals surface area (Å²) in [6, 6.07) is 0. The SMILES string of the molecule is CN1N=C(n2cncn2)SC(C)(C)C1=O. The van der Waals surface area contributed by atoms with Gasteiger partial charge in [-0.1, -0.05) is 11.8 Å². The molecule has 2 heterocycles. The first kappa shape index (κ1) is 10.2. The van der Waals surface area contributed by atoms with Crippen LogP contribution in [0.5, 0.6) is 0 Å². The highest BCUT2D eigenvalue weighted by molar-refractivity contribution is 8.15. The molecule has 0 saturated heterocycles. The van der Waals surface area contributed by atoms with Crippen LogP contribution in [0.4, 0.5) is 0 Å². The smallest absolute Gasteiger partial charge is 0.258 e. The van der Waals surface area contributed by atoms with E-state index in [1.54, 1.807) is 18.1 Å². The zero-order chi connectivity index (χ0) is 11.1. The maximum atomic E-state index is 11.7. The Labute approximate surface area is 91.4 Å². The first-order valence-corrected chi connectivity index (χ1v) is 5.23. The Bertz CT molecular complexity index is 411. The summed E-state index contributed by atoms with van der Waals surface area (Å²) in [7, 11) is 1.64. The second-order valence-corrected chi connectivity index (χ2v) is 5.25. The van der Waals surface area contributed by atoms with Crippen LogP contribution in [0.2, 0.25) is 0 Å². The lowest BCUT2D eigenvalue weighted by molar-refractivity contribution is -0.131. The minimum absolute atomic E-state index is 0.0173. The molecule has 0 fully saturated rings. The van der Waals surface area contributed by atoms with Crippen LogP contribution in [0.15, 0.2) is 17.8 Å². The average Bonchev–Trinajstić information content (AvgIpc) is 2.66. The van der Waals surface area contributed by atoms with Gasteiger partial charge in [-0.25, -0.2) is 9.99 Å². The molecule has 6 nitrogen and oxygen atoms in total. The number of carbonyl (C=O) groups excluding carboxylic acids is 1. The fraction of sp³-hybridized carbons (Fsp3) is 0.500. The minimum Gasteiger partial charge on any atom is -0.271 e. The molecule has 7 heteroatoms. The molecular weight excluding hydrogens is 214 g/mol. The number of rotatable bonds is 0. The van der Waals surface area contributed by atoms with E-state index >= 15 is 0 Å². The van der Waals surface area contributed by atoms with Gasteiger partial charge in [-0.3, -0.25) is 4.79 Å². The summed E-state index contributed by atoms with van der Waals surface area (Å²) in [4.78, 5) is 15.6. The van der Waals surface area contributed by atoms with E-state index < -0.39 is 4.75 Å². The number of hydrogen-bond acceptors (Lipinski definition) is 5. The monoisotopic (exact) mass is 225 g/mol. The Morgan fingerprint density at radius 1 is 1.47 bits per heavy atom. The van der Waals surface area contributed by atoms with Crippen LogP contribution in [0.1, 0.15) is 13.8 Å². The average molecular weight is 225 g/mol. The zero-order valence-electron chi connectivity index (χ0n) is 8.71. The van der Waals surface area contributed by atoms with Crippen molar-refractivity contribution in [2.45, 2.75) is 18.6 Å². The van der Waals surface area contributed by atoms with Crippen LogP contribution in [-0.4, -0.2) is 42.6 Å². The number of aromatic nitrogens is 3. The van der Waals surface area contributed by atoms with Crippen molar-refractivity contribution in [1.82, 2.24) is 19.8 Å². The number of thioether (sulfide) groups is 1. The molecule has 0 unspecified atom stereocenters. The molecule has 0 bridgehead atoms. The van der Waals surface area contributed by atoms with E-state index in [-0.39, 0.29) is 5.91 Å². The van der Waals surface area contributed by atoms with Crippen molar-refractivity contribution >= 4 is 22.8 Å². The Hall–Kier alpha value is -1.37. The van der Waals surface area contributed by atoms with Gasteiger partial charge in [-0.15, -0.1) is 5.10 Å². The van der Waals surface area contributed by atoms with Crippen LogP contribution >= 0.6 is 11.8 Å². The summed E-state index contributed by atoms with van der Waals surface area (Å²) in [6.45, 7) is 3.73. The fourth-order valence-electron chi connectivity index (χ4n) is 1.26. The van der Waals surface area contributed by atoms with Crippen molar-refractivity contribution < 1.29 is 4.79 Å². The highest BCUT2D eigenvalue weighted by Crippen LogP contribution is 2.31. The summed E-state index contributed by atoms with van der Waals surface area (Å²) >= 11 is 1.38. The molecule has 15 heavy (non-hydrogen) atoms. The lowest BCUT2D eigenvalue weighted by atomic mass is 10.2. The molecule has 80 valence electrons. The Kier molecular flexibility index (Phi) is 2.26. The molecule has 0 atom stereocenters. The first-order valence-electron chi connectivity index (χ1n) is 4.41. The molecule has 0 N–H and O–H groups in total. The van der Waals surface area contributed by atoms with Gasteiger partial charge in [0, 0.05) is 7.05 Å². The van der Waals surface area contributed by atoms with Crippen LogP contribution in [0.25, 0.3) is 0 Å². The van der Waals surface area contributed by atoms with Crippen molar-refractivity contribution in [2.24, 2.45) is 5.10 Å². The minimum atomic E-state index is -0.516. The number of nitrogens with zero attached hydrogens (tertiary/aromatic N) is 5. The standard InChI is InChI=1S/C8H11N5OS/c1-8(2)6(14)12(3)11-7(15-8)13-5-9-4-10-13/h4-5H,1-3H3. The summed E-state index contributed by atoms with van der Waals surface area (Å²) in [5.41, 5.74) is 0. The molecule has 1 aliphatic heterocycles. The normalized spacial score (nSPS) is 20.3. The van der Waals surface area contributed by atoms with Gasteiger partial charge in [0.2, 0.25) is 5.17 Å². The highest BCUT2D eigenvalue weighted by Gasteiger charge is 2.37. The van der Waals surface area contributed by atoms with Crippen molar-refractivity contribution in [3.8, 4) is 0 Å². The molecule has 0 spiro atoms. The van der Waals surface area contributed by atoms with Gasteiger partial charge in [0.05, 0.1) is 4.75 Å². The lowest BCUT2D eigenvalue weighted by Gasteiger charge is -2.30. The topological polar surface area (TPSA) is 63.4 Å². The first-order chi connectivity index (χ1) is 7.00. The third kappa shape index (κ3) is 1.74. The number of amides is 1. The van der Waals surface area contributed by atoms with E-state index in [1.807, 2.05) is 13.8 Å². The van der Waals surface area contributed by atoms with Gasteiger partial charge in [0.1, 0.15) is 12.7 Å². The van der Waals surface area contributed by atoms with Crippen LogP contribution in [-0.2, 0) is 4.79 Å². The van der Waals surface area contributed by atoms with E-state index in [2.05, 4.69) is 15.2 Å². The maximum absolute atomic E-state index is 11.7. The van der Waals surface area contributed by atoms with Gasteiger partial charge in [0.15, 0.2) is 0 Å². The van der Waals surface area contributed by atoms with E-state index in [1.165, 1.54) is 23.1 Å². The van der Waals surface area contributed by atoms with Crippen molar-refractivity contribution in [2.75, 3.05) is 7.05 Å². The fourth-order valence-corrected chi connectivity index (χ4v) is 2.28. The molecule has 0 radical (unpaired) electrons. The lowest BCUT2D eigenvalue weighted by Crippen LogP contribution is -2.44. The van der Waals surface area contributed by atoms with Crippen molar-refractivity contribution in [1.29, 1.82) is 0 Å². The molecule has 2 rings (SSSR count). The van der Waals surface area contributed by atoms with Crippen molar-refractivity contribution in [3.63, 3.8) is 0 Å². The zero-order valence-corrected chi connectivity index (χ0v) is 9.52. The third-order valence-corrected chi connectivity index (χ3v) is 3.14. The number of hydrazone groups is 1. The Morgan fingerprint density at radius 3 is 2.73 bits per heavy atom. The molecular formula is C8H11N5OS. The maximum Gasteiger partial charge on any atom is 0.258 e. The van der Waals surface area contributed by atoms with Gasteiger partial charge in [-0.2, -0.15) is 9.78 Å². The molecule has 0 aliphatic carbocycles. The van der Waals surface area contributed by atoms with E-state index in [0.29, 0.717) is 5.17 Å². The van der Waals surface area contributed by atoms with Gasteiger partial charge < -0.3 is 0 Å². The van der Waals surface area contributed by atoms with Gasteiger partial charge in [-0.05, 0) is 13.8 Å². The molecule has 0 saturated carbocycles. The Morgan fingerprint density at radius 2 is 2.20 bits per heavy atom. The molecule has 0 aromatic carbocycles. The molecule has 1 amide bonds. The quantitative estimate of drug-likeness (QED) is 0.640. The van der Waals surface area contributed by atoms with Crippen LogP contribution in [0.3, 0.4) is 0 Å². The number of hydrogen-bond donors (Lipinski definition) is 0. The molecule has 1 aromatic rings. The van der Waals surface area contributed by atoms with E-state index in [4.69, 9.17) is 0 Å². The predicted molar refractivity (Wildman–Crippen MR) is 57.3 cm³/mol. The second-order valence-electron chi connectivity index (χ2n) is 3.66. The highest BCUT2D eigenvalue weighted by atomic mass is 32.2. The van der Waals surface area contributed by atoms with Crippen molar-refractivity contribution in [3.05, 3.63) is 12.7 Å². The van der Waals surface area contributed by atoms with E-state index in [0.717, 1.165) is 0 Å². The summed E-state index contributed by atoms with van der Waals surface area (Å²) in [6.07, 6.45) is 3.00. The number of carbonyl (C=O) groups is 1. The Balaban J connectivity index is 2.37. The largest absolute Gasteiger partial charge is 0.271 e. The molecule has 1 aromatic heterocycles. The van der Waals surface area contributed by atoms with Gasteiger partial charge in [0.25, 0.3) is 5.91 Å². The van der Waals surface area contributed by atoms with Crippen LogP contribution in [0, 0.1) is 0 Å². The summed E-state index contributed by atoms with van der Waals surface area (Å²) in [5, 5.41) is 10.1. The predicted octanol–water partition coefficient (Wildman–Crippen LogP) is 0.381. The summed E-state index contributed by atoms with van der Waals surface area (Å²) in [5.74, 6) is -0.0173. The van der Waals surface area contributed by atoms with Crippen LogP contribution < -0.4 is 0 Å². The van der Waals surface area contributed by atoms with Gasteiger partial charge >= 0.3 is 0 Å². The summed E-state index contributed by atoms with van der Waals surface area (Å²) < 4.78 is 1.03.